The second-order valence-corrected chi connectivity index (χ2v) is 7.55. The molecule has 2 rings (SSSR count). The van der Waals surface area contributed by atoms with Crippen molar-refractivity contribution in [1.29, 1.82) is 0 Å². The number of hydrogen-bond donors (Lipinski definition) is 2. The molecule has 1 aromatic carbocycles. The van der Waals surface area contributed by atoms with Gasteiger partial charge in [0.1, 0.15) is 4.90 Å². The van der Waals surface area contributed by atoms with Crippen molar-refractivity contribution in [3.05, 3.63) is 27.7 Å². The maximum atomic E-state index is 12.6. The zero-order chi connectivity index (χ0) is 15.8. The first-order chi connectivity index (χ1) is 9.73. The number of halogens is 2. The van der Waals surface area contributed by atoms with E-state index < -0.39 is 16.0 Å². The highest BCUT2D eigenvalue weighted by Crippen LogP contribution is 2.31. The van der Waals surface area contributed by atoms with Gasteiger partial charge in [-0.05, 0) is 25.0 Å². The van der Waals surface area contributed by atoms with Gasteiger partial charge in [-0.2, -0.15) is 4.31 Å². The maximum Gasteiger partial charge on any atom is 0.337 e. The Hall–Kier alpha value is -0.860. The molecule has 1 atom stereocenters. The molecule has 0 aromatic heterocycles. The van der Waals surface area contributed by atoms with Crippen LogP contribution in [-0.2, 0) is 10.0 Å². The van der Waals surface area contributed by atoms with Crippen LogP contribution in [0.5, 0.6) is 0 Å². The molecule has 6 nitrogen and oxygen atoms in total. The van der Waals surface area contributed by atoms with Crippen LogP contribution in [0.15, 0.2) is 17.0 Å². The molecule has 1 aliphatic heterocycles. The SMILES string of the molecule is NC1CCCN(S(=O)(=O)c2cc(C(=O)O)c(Cl)cc2Cl)C1. The molecule has 1 unspecified atom stereocenters. The number of nitrogens with zero attached hydrogens (tertiary/aromatic N) is 1. The van der Waals surface area contributed by atoms with Gasteiger partial charge in [-0.3, -0.25) is 0 Å². The van der Waals surface area contributed by atoms with E-state index in [9.17, 15) is 13.2 Å². The fraction of sp³-hybridized carbons (Fsp3) is 0.417. The van der Waals surface area contributed by atoms with Gasteiger partial charge in [0.25, 0.3) is 0 Å². The number of hydrogen-bond acceptors (Lipinski definition) is 4. The number of benzene rings is 1. The highest BCUT2D eigenvalue weighted by Gasteiger charge is 2.31. The molecule has 0 amide bonds. The number of carboxylic acids is 1. The summed E-state index contributed by atoms with van der Waals surface area (Å²) < 4.78 is 26.4. The van der Waals surface area contributed by atoms with E-state index in [1.54, 1.807) is 0 Å². The minimum absolute atomic E-state index is 0.107. The van der Waals surface area contributed by atoms with Crippen LogP contribution in [0.2, 0.25) is 10.0 Å². The summed E-state index contributed by atoms with van der Waals surface area (Å²) in [6.07, 6.45) is 1.40. The third-order valence-corrected chi connectivity index (χ3v) is 5.93. The molecule has 0 spiro atoms. The Morgan fingerprint density at radius 2 is 2.00 bits per heavy atom. The van der Waals surface area contributed by atoms with Crippen molar-refractivity contribution in [1.82, 2.24) is 4.31 Å². The van der Waals surface area contributed by atoms with Crippen LogP contribution in [0, 0.1) is 0 Å². The van der Waals surface area contributed by atoms with Gasteiger partial charge in [0.2, 0.25) is 10.0 Å². The van der Waals surface area contributed by atoms with Gasteiger partial charge in [-0.1, -0.05) is 23.2 Å². The zero-order valence-electron chi connectivity index (χ0n) is 10.9. The number of rotatable bonds is 3. The van der Waals surface area contributed by atoms with Crippen molar-refractivity contribution >= 4 is 39.2 Å². The summed E-state index contributed by atoms with van der Waals surface area (Å²) in [5.41, 5.74) is 5.48. The van der Waals surface area contributed by atoms with Gasteiger partial charge < -0.3 is 10.8 Å². The normalized spacial score (nSPS) is 20.4. The largest absolute Gasteiger partial charge is 0.478 e. The average Bonchev–Trinajstić information content (AvgIpc) is 2.37. The summed E-state index contributed by atoms with van der Waals surface area (Å²) in [6.45, 7) is 0.515. The molecular formula is C12H14Cl2N2O4S. The molecule has 1 aliphatic rings. The van der Waals surface area contributed by atoms with Gasteiger partial charge in [-0.25, -0.2) is 13.2 Å². The first-order valence-corrected chi connectivity index (χ1v) is 8.41. The zero-order valence-corrected chi connectivity index (χ0v) is 13.2. The summed E-state index contributed by atoms with van der Waals surface area (Å²) >= 11 is 11.7. The van der Waals surface area contributed by atoms with Gasteiger partial charge in [0, 0.05) is 19.1 Å². The topological polar surface area (TPSA) is 101 Å². The Labute approximate surface area is 132 Å². The highest BCUT2D eigenvalue weighted by molar-refractivity contribution is 7.89. The van der Waals surface area contributed by atoms with Crippen molar-refractivity contribution in [3.63, 3.8) is 0 Å². The molecule has 1 fully saturated rings. The molecule has 0 saturated carbocycles. The summed E-state index contributed by atoms with van der Waals surface area (Å²) in [6, 6.07) is 1.88. The summed E-state index contributed by atoms with van der Waals surface area (Å²) in [4.78, 5) is 10.8. The molecule has 0 radical (unpaired) electrons. The summed E-state index contributed by atoms with van der Waals surface area (Å²) in [7, 11) is -3.90. The molecular weight excluding hydrogens is 339 g/mol. The van der Waals surface area contributed by atoms with Crippen LogP contribution in [-0.4, -0.2) is 42.9 Å². The van der Waals surface area contributed by atoms with Crippen LogP contribution in [0.25, 0.3) is 0 Å². The average molecular weight is 353 g/mol. The summed E-state index contributed by atoms with van der Waals surface area (Å²) in [5, 5.41) is 8.83. The van der Waals surface area contributed by atoms with E-state index in [0.717, 1.165) is 18.6 Å². The maximum absolute atomic E-state index is 12.6. The number of aromatic carboxylic acids is 1. The number of sulfonamides is 1. The minimum atomic E-state index is -3.90. The van der Waals surface area contributed by atoms with Crippen molar-refractivity contribution in [2.75, 3.05) is 13.1 Å². The second kappa shape index (κ2) is 6.10. The minimum Gasteiger partial charge on any atom is -0.478 e. The van der Waals surface area contributed by atoms with Crippen molar-refractivity contribution in [3.8, 4) is 0 Å². The standard InChI is InChI=1S/C12H14Cl2N2O4S/c13-9-5-10(14)11(4-8(9)12(17)18)21(19,20)16-3-1-2-7(15)6-16/h4-5,7H,1-3,6,15H2,(H,17,18). The van der Waals surface area contributed by atoms with Crippen molar-refractivity contribution in [2.45, 2.75) is 23.8 Å². The van der Waals surface area contributed by atoms with Gasteiger partial charge in [0.05, 0.1) is 15.6 Å². The lowest BCUT2D eigenvalue weighted by molar-refractivity contribution is 0.0697. The van der Waals surface area contributed by atoms with E-state index in [4.69, 9.17) is 34.0 Å². The number of carboxylic acid groups (broad SMARTS) is 1. The molecule has 0 bridgehead atoms. The van der Waals surface area contributed by atoms with Gasteiger partial charge >= 0.3 is 5.97 Å². The molecule has 9 heteroatoms. The molecule has 116 valence electrons. The third-order valence-electron chi connectivity index (χ3n) is 3.29. The molecule has 0 aliphatic carbocycles. The summed E-state index contributed by atoms with van der Waals surface area (Å²) in [5.74, 6) is -1.32. The Morgan fingerprint density at radius 3 is 2.57 bits per heavy atom. The Kier molecular flexibility index (Phi) is 4.79. The van der Waals surface area contributed by atoms with E-state index in [2.05, 4.69) is 0 Å². The fourth-order valence-electron chi connectivity index (χ4n) is 2.22. The van der Waals surface area contributed by atoms with Crippen LogP contribution < -0.4 is 5.73 Å². The van der Waals surface area contributed by atoms with E-state index in [-0.39, 0.29) is 33.1 Å². The Morgan fingerprint density at radius 1 is 1.33 bits per heavy atom. The lowest BCUT2D eigenvalue weighted by Gasteiger charge is -2.30. The van der Waals surface area contributed by atoms with E-state index >= 15 is 0 Å². The Balaban J connectivity index is 2.49. The monoisotopic (exact) mass is 352 g/mol. The van der Waals surface area contributed by atoms with E-state index in [0.29, 0.717) is 13.0 Å². The first-order valence-electron chi connectivity index (χ1n) is 6.21. The highest BCUT2D eigenvalue weighted by atomic mass is 35.5. The van der Waals surface area contributed by atoms with E-state index in [1.165, 1.54) is 4.31 Å². The third kappa shape index (κ3) is 3.32. The van der Waals surface area contributed by atoms with Crippen LogP contribution in [0.1, 0.15) is 23.2 Å². The first kappa shape index (κ1) is 16.5. The fourth-order valence-corrected chi connectivity index (χ4v) is 4.59. The van der Waals surface area contributed by atoms with Crippen molar-refractivity contribution in [2.24, 2.45) is 5.73 Å². The van der Waals surface area contributed by atoms with Gasteiger partial charge in [0.15, 0.2) is 0 Å². The quantitative estimate of drug-likeness (QED) is 0.863. The number of nitrogens with two attached hydrogens (primary N) is 1. The lowest BCUT2D eigenvalue weighted by atomic mass is 10.1. The second-order valence-electron chi connectivity index (χ2n) is 4.83. The molecule has 1 saturated heterocycles. The Bertz CT molecular complexity index is 678. The van der Waals surface area contributed by atoms with Crippen LogP contribution >= 0.6 is 23.2 Å². The van der Waals surface area contributed by atoms with Crippen molar-refractivity contribution < 1.29 is 18.3 Å². The van der Waals surface area contributed by atoms with Crippen LogP contribution in [0.3, 0.4) is 0 Å². The number of piperidine rings is 1. The predicted molar refractivity (Wildman–Crippen MR) is 79.4 cm³/mol. The smallest absolute Gasteiger partial charge is 0.337 e. The van der Waals surface area contributed by atoms with Gasteiger partial charge in [-0.15, -0.1) is 0 Å². The predicted octanol–water partition coefficient (Wildman–Crippen LogP) is 1.80. The molecule has 21 heavy (non-hydrogen) atoms. The molecule has 1 heterocycles. The van der Waals surface area contributed by atoms with E-state index in [1.807, 2.05) is 0 Å². The number of carbonyl (C=O) groups is 1. The molecule has 1 aromatic rings. The lowest BCUT2D eigenvalue weighted by Crippen LogP contribution is -2.45. The molecule has 3 N–H and O–H groups in total. The van der Waals surface area contributed by atoms with Crippen LogP contribution in [0.4, 0.5) is 0 Å².